The molecule has 1 N–H and O–H groups in total. The lowest BCUT2D eigenvalue weighted by Gasteiger charge is -2.17. The second-order valence-electron chi connectivity index (χ2n) is 5.77. The quantitative estimate of drug-likeness (QED) is 0.735. The molecule has 1 aliphatic heterocycles. The fraction of sp³-hybridized carbons (Fsp3) is 0.158. The van der Waals surface area contributed by atoms with E-state index in [9.17, 15) is 22.8 Å². The summed E-state index contributed by atoms with van der Waals surface area (Å²) in [5.41, 5.74) is -0.946. The highest BCUT2D eigenvalue weighted by atomic mass is 35.5. The third-order valence-electron chi connectivity index (χ3n) is 3.89. The molecule has 0 saturated carbocycles. The molecular weight excluding hydrogens is 397 g/mol. The normalized spacial score (nSPS) is 14.7. The van der Waals surface area contributed by atoms with Crippen LogP contribution in [0.15, 0.2) is 59.3 Å². The van der Waals surface area contributed by atoms with Gasteiger partial charge in [-0.05, 0) is 49.4 Å². The molecule has 2 aromatic rings. The number of amides is 2. The number of benzene rings is 2. The van der Waals surface area contributed by atoms with E-state index in [1.165, 1.54) is 6.07 Å². The number of halogens is 4. The van der Waals surface area contributed by atoms with Gasteiger partial charge in [0.15, 0.2) is 0 Å². The van der Waals surface area contributed by atoms with Gasteiger partial charge in [0.2, 0.25) is 0 Å². The van der Waals surface area contributed by atoms with E-state index in [0.717, 1.165) is 18.2 Å². The number of carbonyl (C=O) groups excluding carboxylic acids is 2. The van der Waals surface area contributed by atoms with Crippen LogP contribution in [0.25, 0.3) is 0 Å². The van der Waals surface area contributed by atoms with Crippen molar-refractivity contribution in [3.05, 3.63) is 64.8 Å². The average Bonchev–Trinajstić information content (AvgIpc) is 2.86. The van der Waals surface area contributed by atoms with Crippen molar-refractivity contribution in [1.29, 1.82) is 0 Å². The van der Waals surface area contributed by atoms with Gasteiger partial charge in [0.1, 0.15) is 16.5 Å². The highest BCUT2D eigenvalue weighted by Gasteiger charge is 2.40. The smallest absolute Gasteiger partial charge is 0.416 e. The first kappa shape index (κ1) is 19.8. The molecule has 0 aromatic heterocycles. The third kappa shape index (κ3) is 3.82. The van der Waals surface area contributed by atoms with Gasteiger partial charge in [0.25, 0.3) is 11.8 Å². The van der Waals surface area contributed by atoms with E-state index >= 15 is 0 Å². The second-order valence-corrected chi connectivity index (χ2v) is 6.14. The maximum absolute atomic E-state index is 12.9. The highest BCUT2D eigenvalue weighted by molar-refractivity contribution is 6.53. The van der Waals surface area contributed by atoms with Gasteiger partial charge < -0.3 is 10.1 Å². The summed E-state index contributed by atoms with van der Waals surface area (Å²) in [4.78, 5) is 25.7. The number of hydrogen-bond donors (Lipinski definition) is 1. The van der Waals surface area contributed by atoms with Crippen LogP contribution in [0.4, 0.5) is 24.5 Å². The van der Waals surface area contributed by atoms with Gasteiger partial charge in [0, 0.05) is 5.69 Å². The number of hydrogen-bond acceptors (Lipinski definition) is 4. The van der Waals surface area contributed by atoms with Crippen molar-refractivity contribution in [2.45, 2.75) is 13.1 Å². The van der Waals surface area contributed by atoms with Crippen LogP contribution in [-0.4, -0.2) is 18.4 Å². The van der Waals surface area contributed by atoms with Gasteiger partial charge in [-0.25, -0.2) is 4.90 Å². The van der Waals surface area contributed by atoms with Crippen LogP contribution in [0.2, 0.25) is 0 Å². The van der Waals surface area contributed by atoms with E-state index in [0.29, 0.717) is 22.9 Å². The van der Waals surface area contributed by atoms with E-state index in [-0.39, 0.29) is 11.4 Å². The Morgan fingerprint density at radius 1 is 1.07 bits per heavy atom. The Kier molecular flexibility index (Phi) is 5.33. The number of rotatable bonds is 5. The van der Waals surface area contributed by atoms with Crippen LogP contribution < -0.4 is 15.0 Å². The summed E-state index contributed by atoms with van der Waals surface area (Å²) in [6, 6.07) is 10.5. The summed E-state index contributed by atoms with van der Waals surface area (Å²) in [7, 11) is 0. The predicted octanol–water partition coefficient (Wildman–Crippen LogP) is 4.54. The zero-order chi connectivity index (χ0) is 20.5. The fourth-order valence-electron chi connectivity index (χ4n) is 2.61. The molecule has 1 heterocycles. The number of alkyl halides is 3. The number of anilines is 2. The Morgan fingerprint density at radius 3 is 2.36 bits per heavy atom. The van der Waals surface area contributed by atoms with Gasteiger partial charge in [-0.15, -0.1) is 0 Å². The van der Waals surface area contributed by atoms with Crippen LogP contribution in [0, 0.1) is 0 Å². The molecule has 146 valence electrons. The molecule has 0 fully saturated rings. The summed E-state index contributed by atoms with van der Waals surface area (Å²) in [5.74, 6) is -1.13. The Morgan fingerprint density at radius 2 is 1.75 bits per heavy atom. The Hall–Kier alpha value is -3.00. The van der Waals surface area contributed by atoms with Crippen molar-refractivity contribution in [3.8, 4) is 5.75 Å². The molecule has 5 nitrogen and oxygen atoms in total. The second kappa shape index (κ2) is 7.55. The fourth-order valence-corrected chi connectivity index (χ4v) is 2.83. The first-order chi connectivity index (χ1) is 13.2. The molecule has 1 aliphatic rings. The largest absolute Gasteiger partial charge is 0.494 e. The molecule has 3 rings (SSSR count). The molecule has 0 aliphatic carbocycles. The van der Waals surface area contributed by atoms with Crippen LogP contribution in [0.3, 0.4) is 0 Å². The van der Waals surface area contributed by atoms with Crippen LogP contribution in [0.5, 0.6) is 5.75 Å². The van der Waals surface area contributed by atoms with Crippen LogP contribution >= 0.6 is 11.6 Å². The number of carbonyl (C=O) groups is 2. The lowest BCUT2D eigenvalue weighted by atomic mass is 10.2. The van der Waals surface area contributed by atoms with Gasteiger partial charge in [-0.3, -0.25) is 9.59 Å². The molecule has 0 unspecified atom stereocenters. The van der Waals surface area contributed by atoms with Gasteiger partial charge >= 0.3 is 6.18 Å². The molecule has 0 radical (unpaired) electrons. The third-order valence-corrected chi connectivity index (χ3v) is 4.24. The number of nitrogens with one attached hydrogen (secondary N) is 1. The summed E-state index contributed by atoms with van der Waals surface area (Å²) < 4.78 is 44.1. The Labute approximate surface area is 163 Å². The van der Waals surface area contributed by atoms with Crippen molar-refractivity contribution in [3.63, 3.8) is 0 Å². The SMILES string of the molecule is CCOc1ccc(NC2=C(Cl)C(=O)N(c3cccc(C(F)(F)F)c3)C2=O)cc1. The van der Waals surface area contributed by atoms with Crippen LogP contribution in [0.1, 0.15) is 12.5 Å². The average molecular weight is 411 g/mol. The number of ether oxygens (including phenoxy) is 1. The molecule has 0 bridgehead atoms. The Balaban J connectivity index is 1.86. The standard InChI is InChI=1S/C19H14ClF3N2O3/c1-2-28-14-8-6-12(7-9-14)24-16-15(20)17(26)25(18(16)27)13-5-3-4-11(10-13)19(21,22)23/h3-10,24H,2H2,1H3. The van der Waals surface area contributed by atoms with E-state index < -0.39 is 28.6 Å². The van der Waals surface area contributed by atoms with Gasteiger partial charge in [0.05, 0.1) is 17.9 Å². The zero-order valence-electron chi connectivity index (χ0n) is 14.5. The molecule has 28 heavy (non-hydrogen) atoms. The zero-order valence-corrected chi connectivity index (χ0v) is 15.3. The molecule has 0 saturated heterocycles. The molecular formula is C19H14ClF3N2O3. The van der Waals surface area contributed by atoms with E-state index in [2.05, 4.69) is 5.32 Å². The van der Waals surface area contributed by atoms with Crippen LogP contribution in [-0.2, 0) is 15.8 Å². The predicted molar refractivity (Wildman–Crippen MR) is 98.0 cm³/mol. The van der Waals surface area contributed by atoms with Crippen molar-refractivity contribution in [2.75, 3.05) is 16.8 Å². The molecule has 2 aromatic carbocycles. The number of imide groups is 1. The van der Waals surface area contributed by atoms with E-state index in [1.54, 1.807) is 24.3 Å². The minimum Gasteiger partial charge on any atom is -0.494 e. The van der Waals surface area contributed by atoms with Crippen molar-refractivity contribution in [2.24, 2.45) is 0 Å². The minimum atomic E-state index is -4.61. The lowest BCUT2D eigenvalue weighted by Crippen LogP contribution is -2.32. The first-order valence-corrected chi connectivity index (χ1v) is 8.56. The summed E-state index contributed by atoms with van der Waals surface area (Å²) >= 11 is 5.99. The highest BCUT2D eigenvalue weighted by Crippen LogP contribution is 2.35. The number of nitrogens with zero attached hydrogens (tertiary/aromatic N) is 1. The molecule has 2 amide bonds. The molecule has 0 atom stereocenters. The first-order valence-electron chi connectivity index (χ1n) is 8.18. The van der Waals surface area contributed by atoms with Gasteiger partial charge in [-0.1, -0.05) is 17.7 Å². The van der Waals surface area contributed by atoms with Crippen molar-refractivity contribution in [1.82, 2.24) is 0 Å². The molecule has 0 spiro atoms. The topological polar surface area (TPSA) is 58.6 Å². The van der Waals surface area contributed by atoms with Gasteiger partial charge in [-0.2, -0.15) is 13.2 Å². The monoisotopic (exact) mass is 410 g/mol. The Bertz CT molecular complexity index is 956. The summed E-state index contributed by atoms with van der Waals surface area (Å²) in [6.07, 6.45) is -4.61. The summed E-state index contributed by atoms with van der Waals surface area (Å²) in [5, 5.41) is 2.34. The van der Waals surface area contributed by atoms with Crippen molar-refractivity contribution >= 4 is 34.8 Å². The maximum Gasteiger partial charge on any atom is 0.416 e. The molecule has 9 heteroatoms. The van der Waals surface area contributed by atoms with E-state index in [4.69, 9.17) is 16.3 Å². The van der Waals surface area contributed by atoms with E-state index in [1.807, 2.05) is 6.92 Å². The lowest BCUT2D eigenvalue weighted by molar-refractivity contribution is -0.137. The van der Waals surface area contributed by atoms with Crippen molar-refractivity contribution < 1.29 is 27.5 Å². The summed E-state index contributed by atoms with van der Waals surface area (Å²) in [6.45, 7) is 2.32. The maximum atomic E-state index is 12.9. The minimum absolute atomic E-state index is 0.215.